The van der Waals surface area contributed by atoms with Gasteiger partial charge in [-0.25, -0.2) is 14.8 Å². The summed E-state index contributed by atoms with van der Waals surface area (Å²) in [6.07, 6.45) is 3.22. The minimum atomic E-state index is -0.441. The van der Waals surface area contributed by atoms with Crippen LogP contribution in [0.2, 0.25) is 0 Å². The van der Waals surface area contributed by atoms with Crippen LogP contribution in [0.4, 0.5) is 11.5 Å². The molecule has 0 spiro atoms. The molecular formula is C12H14N4O2S. The third-order valence-electron chi connectivity index (χ3n) is 2.29. The van der Waals surface area contributed by atoms with Crippen molar-refractivity contribution in [3.63, 3.8) is 0 Å². The van der Waals surface area contributed by atoms with Gasteiger partial charge in [0.1, 0.15) is 16.4 Å². The molecule has 0 bridgehead atoms. The highest BCUT2D eigenvalue weighted by Crippen LogP contribution is 2.18. The second-order valence-corrected chi connectivity index (χ2v) is 4.64. The Morgan fingerprint density at radius 1 is 1.53 bits per heavy atom. The number of pyridine rings is 1. The number of nitrogen functional groups attached to an aromatic ring is 1. The van der Waals surface area contributed by atoms with E-state index in [1.165, 1.54) is 17.5 Å². The van der Waals surface area contributed by atoms with Crippen molar-refractivity contribution in [2.45, 2.75) is 13.5 Å². The normalized spacial score (nSPS) is 10.2. The number of hydrogen-bond acceptors (Lipinski definition) is 7. The summed E-state index contributed by atoms with van der Waals surface area (Å²) in [5.74, 6) is 0.00629. The highest BCUT2D eigenvalue weighted by Gasteiger charge is 2.14. The lowest BCUT2D eigenvalue weighted by Gasteiger charge is -2.10. The van der Waals surface area contributed by atoms with Gasteiger partial charge in [0, 0.05) is 11.6 Å². The maximum Gasteiger partial charge on any atom is 0.341 e. The lowest BCUT2D eigenvalue weighted by atomic mass is 10.2. The monoisotopic (exact) mass is 278 g/mol. The minimum Gasteiger partial charge on any atom is -0.462 e. The molecular weight excluding hydrogens is 264 g/mol. The largest absolute Gasteiger partial charge is 0.462 e. The van der Waals surface area contributed by atoms with Crippen LogP contribution in [0.15, 0.2) is 23.8 Å². The summed E-state index contributed by atoms with van der Waals surface area (Å²) in [7, 11) is 0. The van der Waals surface area contributed by atoms with Crippen LogP contribution in [0.25, 0.3) is 0 Å². The van der Waals surface area contributed by atoms with Gasteiger partial charge in [-0.05, 0) is 13.0 Å². The molecule has 0 saturated carbocycles. The number of carbonyl (C=O) groups excluding carboxylic acids is 1. The topological polar surface area (TPSA) is 90.1 Å². The van der Waals surface area contributed by atoms with Crippen LogP contribution in [-0.4, -0.2) is 22.5 Å². The lowest BCUT2D eigenvalue weighted by molar-refractivity contribution is 0.0527. The number of rotatable bonds is 5. The van der Waals surface area contributed by atoms with Gasteiger partial charge in [-0.2, -0.15) is 0 Å². The number of aromatic nitrogens is 2. The molecule has 0 radical (unpaired) electrons. The standard InChI is InChI=1S/C12H14N4O2S/c1-2-18-12(17)9-5-8(13)6-15-11(9)16-7-10-14-3-4-19-10/h3-6H,2,7,13H2,1H3,(H,15,16). The van der Waals surface area contributed by atoms with Gasteiger partial charge >= 0.3 is 5.97 Å². The van der Waals surface area contributed by atoms with Gasteiger partial charge < -0.3 is 15.8 Å². The predicted molar refractivity (Wildman–Crippen MR) is 74.0 cm³/mol. The van der Waals surface area contributed by atoms with Crippen LogP contribution < -0.4 is 11.1 Å². The summed E-state index contributed by atoms with van der Waals surface area (Å²) in [6, 6.07) is 1.55. The second-order valence-electron chi connectivity index (χ2n) is 3.66. The third-order valence-corrected chi connectivity index (χ3v) is 3.07. The second kappa shape index (κ2) is 6.14. The molecule has 0 amide bonds. The number of nitrogens with two attached hydrogens (primary N) is 1. The quantitative estimate of drug-likeness (QED) is 0.812. The zero-order valence-corrected chi connectivity index (χ0v) is 11.2. The maximum atomic E-state index is 11.8. The summed E-state index contributed by atoms with van der Waals surface area (Å²) in [4.78, 5) is 20.1. The molecule has 6 nitrogen and oxygen atoms in total. The highest BCUT2D eigenvalue weighted by atomic mass is 32.1. The fourth-order valence-electron chi connectivity index (χ4n) is 1.49. The first-order valence-electron chi connectivity index (χ1n) is 5.75. The van der Waals surface area contributed by atoms with Crippen LogP contribution in [0.3, 0.4) is 0 Å². The van der Waals surface area contributed by atoms with Gasteiger partial charge in [0.15, 0.2) is 0 Å². The van der Waals surface area contributed by atoms with Crippen molar-refractivity contribution in [1.82, 2.24) is 9.97 Å². The van der Waals surface area contributed by atoms with Crippen molar-refractivity contribution in [3.8, 4) is 0 Å². The molecule has 3 N–H and O–H groups in total. The maximum absolute atomic E-state index is 11.8. The summed E-state index contributed by atoms with van der Waals surface area (Å²) in [5, 5.41) is 5.86. The van der Waals surface area contributed by atoms with Crippen molar-refractivity contribution in [2.75, 3.05) is 17.7 Å². The Labute approximate surface area is 114 Å². The molecule has 0 atom stereocenters. The molecule has 2 aromatic heterocycles. The van der Waals surface area contributed by atoms with E-state index in [0.717, 1.165) is 5.01 Å². The van der Waals surface area contributed by atoms with Crippen LogP contribution >= 0.6 is 11.3 Å². The van der Waals surface area contributed by atoms with Crippen LogP contribution in [0.1, 0.15) is 22.3 Å². The molecule has 2 heterocycles. The first-order valence-corrected chi connectivity index (χ1v) is 6.63. The molecule has 100 valence electrons. The van der Waals surface area contributed by atoms with E-state index in [2.05, 4.69) is 15.3 Å². The Morgan fingerprint density at radius 2 is 2.37 bits per heavy atom. The highest BCUT2D eigenvalue weighted by molar-refractivity contribution is 7.09. The third kappa shape index (κ3) is 3.41. The zero-order valence-electron chi connectivity index (χ0n) is 10.4. The van der Waals surface area contributed by atoms with Gasteiger partial charge in [-0.1, -0.05) is 0 Å². The predicted octanol–water partition coefficient (Wildman–Crippen LogP) is 1.91. The minimum absolute atomic E-state index is 0.305. The Kier molecular flexibility index (Phi) is 4.30. The summed E-state index contributed by atoms with van der Waals surface area (Å²) >= 11 is 1.53. The number of hydrogen-bond donors (Lipinski definition) is 2. The molecule has 19 heavy (non-hydrogen) atoms. The van der Waals surface area contributed by atoms with Crippen LogP contribution in [0, 0.1) is 0 Å². The number of esters is 1. The fourth-order valence-corrected chi connectivity index (χ4v) is 2.04. The van der Waals surface area contributed by atoms with Crippen molar-refractivity contribution in [2.24, 2.45) is 0 Å². The molecule has 0 aliphatic heterocycles. The molecule has 0 unspecified atom stereocenters. The van der Waals surface area contributed by atoms with Gasteiger partial charge in [0.25, 0.3) is 0 Å². The van der Waals surface area contributed by atoms with E-state index in [1.54, 1.807) is 19.2 Å². The van der Waals surface area contributed by atoms with E-state index >= 15 is 0 Å². The van der Waals surface area contributed by atoms with Crippen molar-refractivity contribution in [3.05, 3.63) is 34.4 Å². The van der Waals surface area contributed by atoms with Crippen molar-refractivity contribution >= 4 is 28.8 Å². The van der Waals surface area contributed by atoms with Gasteiger partial charge in [-0.15, -0.1) is 11.3 Å². The molecule has 0 aliphatic rings. The molecule has 2 aromatic rings. The number of thiazole rings is 1. The van der Waals surface area contributed by atoms with E-state index in [9.17, 15) is 4.79 Å². The van der Waals surface area contributed by atoms with Crippen molar-refractivity contribution in [1.29, 1.82) is 0 Å². The van der Waals surface area contributed by atoms with E-state index in [-0.39, 0.29) is 0 Å². The smallest absolute Gasteiger partial charge is 0.341 e. The molecule has 0 aromatic carbocycles. The zero-order chi connectivity index (χ0) is 13.7. The average Bonchev–Trinajstić information content (AvgIpc) is 2.90. The van der Waals surface area contributed by atoms with E-state index in [1.807, 2.05) is 5.38 Å². The van der Waals surface area contributed by atoms with E-state index in [0.29, 0.717) is 30.2 Å². The van der Waals surface area contributed by atoms with E-state index < -0.39 is 5.97 Å². The number of ether oxygens (including phenoxy) is 1. The average molecular weight is 278 g/mol. The Balaban J connectivity index is 2.16. The van der Waals surface area contributed by atoms with Crippen LogP contribution in [0.5, 0.6) is 0 Å². The number of anilines is 2. The lowest BCUT2D eigenvalue weighted by Crippen LogP contribution is -2.12. The number of nitrogens with one attached hydrogen (secondary N) is 1. The first kappa shape index (κ1) is 13.3. The van der Waals surface area contributed by atoms with Crippen LogP contribution in [-0.2, 0) is 11.3 Å². The summed E-state index contributed by atoms with van der Waals surface area (Å²) in [5.41, 5.74) is 6.40. The molecule has 7 heteroatoms. The molecule has 2 rings (SSSR count). The Morgan fingerprint density at radius 3 is 3.05 bits per heavy atom. The summed E-state index contributed by atoms with van der Waals surface area (Å²) < 4.78 is 4.97. The fraction of sp³-hybridized carbons (Fsp3) is 0.250. The van der Waals surface area contributed by atoms with Gasteiger partial charge in [0.2, 0.25) is 0 Å². The number of nitrogens with zero attached hydrogens (tertiary/aromatic N) is 2. The number of carbonyl (C=O) groups is 1. The van der Waals surface area contributed by atoms with Crippen molar-refractivity contribution < 1.29 is 9.53 Å². The van der Waals surface area contributed by atoms with Gasteiger partial charge in [0.05, 0.1) is 25.0 Å². The molecule has 0 saturated heterocycles. The molecule has 0 fully saturated rings. The summed E-state index contributed by atoms with van der Waals surface area (Å²) in [6.45, 7) is 2.56. The Hall–Kier alpha value is -2.15. The van der Waals surface area contributed by atoms with Gasteiger partial charge in [-0.3, -0.25) is 0 Å². The van der Waals surface area contributed by atoms with E-state index in [4.69, 9.17) is 10.5 Å². The SMILES string of the molecule is CCOC(=O)c1cc(N)cnc1NCc1nccs1. The first-order chi connectivity index (χ1) is 9.20. The molecule has 0 aliphatic carbocycles. The Bertz CT molecular complexity index is 557.